The van der Waals surface area contributed by atoms with E-state index in [1.807, 2.05) is 6.08 Å². The zero-order valence-electron chi connectivity index (χ0n) is 11.8. The van der Waals surface area contributed by atoms with E-state index in [0.29, 0.717) is 6.42 Å². The summed E-state index contributed by atoms with van der Waals surface area (Å²) in [4.78, 5) is 16.1. The van der Waals surface area contributed by atoms with Crippen molar-refractivity contribution < 1.29 is 4.79 Å². The molecule has 18 heavy (non-hydrogen) atoms. The Morgan fingerprint density at radius 3 is 2.94 bits per heavy atom. The molecular formula is C16H27NO. The van der Waals surface area contributed by atoms with Crippen LogP contribution in [0, 0.1) is 0 Å². The van der Waals surface area contributed by atoms with E-state index in [9.17, 15) is 4.79 Å². The van der Waals surface area contributed by atoms with Gasteiger partial charge >= 0.3 is 0 Å². The van der Waals surface area contributed by atoms with E-state index in [4.69, 9.17) is 0 Å². The molecule has 0 aromatic rings. The lowest BCUT2D eigenvalue weighted by molar-refractivity contribution is -0.114. The van der Waals surface area contributed by atoms with E-state index in [1.54, 1.807) is 6.08 Å². The van der Waals surface area contributed by atoms with Gasteiger partial charge in [-0.05, 0) is 31.8 Å². The van der Waals surface area contributed by atoms with Gasteiger partial charge in [0.25, 0.3) is 0 Å². The van der Waals surface area contributed by atoms with Gasteiger partial charge in [0.1, 0.15) is 0 Å². The van der Waals surface area contributed by atoms with Gasteiger partial charge in [-0.15, -0.1) is 0 Å². The second kappa shape index (κ2) is 10.0. The van der Waals surface area contributed by atoms with E-state index < -0.39 is 0 Å². The summed E-state index contributed by atoms with van der Waals surface area (Å²) in [5, 5.41) is 0. The van der Waals surface area contributed by atoms with Gasteiger partial charge < -0.3 is 0 Å². The number of nitrogens with zero attached hydrogens (tertiary/aromatic N) is 1. The first-order chi connectivity index (χ1) is 8.83. The monoisotopic (exact) mass is 249 g/mol. The average Bonchev–Trinajstić information content (AvgIpc) is 2.63. The second-order valence-electron chi connectivity index (χ2n) is 5.14. The summed E-state index contributed by atoms with van der Waals surface area (Å²) in [7, 11) is 0. The lowest BCUT2D eigenvalue weighted by Gasteiger charge is -1.99. The van der Waals surface area contributed by atoms with Crippen molar-refractivity contribution in [3.8, 4) is 0 Å². The number of allylic oxidation sites excluding steroid dienone is 2. The van der Waals surface area contributed by atoms with Crippen LogP contribution >= 0.6 is 0 Å². The predicted molar refractivity (Wildman–Crippen MR) is 78.3 cm³/mol. The summed E-state index contributed by atoms with van der Waals surface area (Å²) >= 11 is 0. The molecule has 0 aromatic heterocycles. The molecule has 2 heteroatoms. The van der Waals surface area contributed by atoms with Crippen LogP contribution in [0.2, 0.25) is 0 Å². The standard InChI is InChI=1S/C16H27NO/c1-2-3-4-7-12-16(18)13-9-11-15-10-6-5-8-14-17-15/h9,13H,2-8,10-12,14H2,1H3/b13-9+. The lowest BCUT2D eigenvalue weighted by Crippen LogP contribution is -1.97. The van der Waals surface area contributed by atoms with Crippen molar-refractivity contribution in [2.75, 3.05) is 6.54 Å². The first kappa shape index (κ1) is 15.1. The molecule has 0 saturated heterocycles. The highest BCUT2D eigenvalue weighted by molar-refractivity contribution is 5.91. The Morgan fingerprint density at radius 1 is 1.22 bits per heavy atom. The first-order valence-electron chi connectivity index (χ1n) is 7.54. The molecule has 1 heterocycles. The summed E-state index contributed by atoms with van der Waals surface area (Å²) in [6, 6.07) is 0. The highest BCUT2D eigenvalue weighted by Gasteiger charge is 2.02. The molecule has 0 radical (unpaired) electrons. The molecular weight excluding hydrogens is 222 g/mol. The van der Waals surface area contributed by atoms with Crippen molar-refractivity contribution in [3.05, 3.63) is 12.2 Å². The molecule has 0 fully saturated rings. The van der Waals surface area contributed by atoms with Gasteiger partial charge in [0.15, 0.2) is 5.78 Å². The number of carbonyl (C=O) groups excluding carboxylic acids is 1. The molecule has 1 aliphatic rings. The van der Waals surface area contributed by atoms with E-state index in [1.165, 1.54) is 44.2 Å². The third kappa shape index (κ3) is 7.41. The van der Waals surface area contributed by atoms with Gasteiger partial charge in [-0.25, -0.2) is 0 Å². The van der Waals surface area contributed by atoms with E-state index in [2.05, 4.69) is 11.9 Å². The number of hydrogen-bond donors (Lipinski definition) is 0. The fourth-order valence-electron chi connectivity index (χ4n) is 2.24. The van der Waals surface area contributed by atoms with Crippen LogP contribution in [0.4, 0.5) is 0 Å². The maximum atomic E-state index is 11.6. The SMILES string of the molecule is CCCCCCC(=O)/C=C/CC1=NCCCCC1. The molecule has 0 aliphatic carbocycles. The van der Waals surface area contributed by atoms with Crippen LogP contribution in [0.1, 0.15) is 71.1 Å². The van der Waals surface area contributed by atoms with Gasteiger partial charge in [-0.1, -0.05) is 38.7 Å². The Morgan fingerprint density at radius 2 is 2.11 bits per heavy atom. The quantitative estimate of drug-likeness (QED) is 0.460. The zero-order chi connectivity index (χ0) is 13.1. The first-order valence-corrected chi connectivity index (χ1v) is 7.54. The molecule has 1 aliphatic heterocycles. The van der Waals surface area contributed by atoms with Gasteiger partial charge in [0.05, 0.1) is 0 Å². The number of unbranched alkanes of at least 4 members (excludes halogenated alkanes) is 3. The number of rotatable bonds is 8. The smallest absolute Gasteiger partial charge is 0.155 e. The molecule has 0 spiro atoms. The molecule has 2 nitrogen and oxygen atoms in total. The Labute approximate surface area is 112 Å². The van der Waals surface area contributed by atoms with E-state index in [-0.39, 0.29) is 5.78 Å². The number of carbonyl (C=O) groups is 1. The third-order valence-electron chi connectivity index (χ3n) is 3.39. The van der Waals surface area contributed by atoms with Crippen molar-refractivity contribution >= 4 is 11.5 Å². The molecule has 0 atom stereocenters. The molecule has 0 amide bonds. The van der Waals surface area contributed by atoms with Crippen LogP contribution in [0.3, 0.4) is 0 Å². The van der Waals surface area contributed by atoms with Crippen molar-refractivity contribution in [3.63, 3.8) is 0 Å². The van der Waals surface area contributed by atoms with Gasteiger partial charge in [-0.3, -0.25) is 9.79 Å². The van der Waals surface area contributed by atoms with Crippen LogP contribution in [0.25, 0.3) is 0 Å². The maximum absolute atomic E-state index is 11.6. The highest BCUT2D eigenvalue weighted by atomic mass is 16.1. The zero-order valence-corrected chi connectivity index (χ0v) is 11.8. The fraction of sp³-hybridized carbons (Fsp3) is 0.750. The summed E-state index contributed by atoms with van der Waals surface area (Å²) in [6.45, 7) is 3.17. The van der Waals surface area contributed by atoms with Crippen molar-refractivity contribution in [1.82, 2.24) is 0 Å². The van der Waals surface area contributed by atoms with E-state index >= 15 is 0 Å². The van der Waals surface area contributed by atoms with Crippen molar-refractivity contribution in [2.45, 2.75) is 71.1 Å². The van der Waals surface area contributed by atoms with Gasteiger partial charge in [-0.2, -0.15) is 0 Å². The van der Waals surface area contributed by atoms with Crippen LogP contribution in [0.5, 0.6) is 0 Å². The Kier molecular flexibility index (Phi) is 8.45. The minimum atomic E-state index is 0.278. The maximum Gasteiger partial charge on any atom is 0.155 e. The van der Waals surface area contributed by atoms with Gasteiger partial charge in [0, 0.05) is 25.1 Å². The van der Waals surface area contributed by atoms with Crippen molar-refractivity contribution in [2.24, 2.45) is 4.99 Å². The minimum Gasteiger partial charge on any atom is -0.295 e. The fourth-order valence-corrected chi connectivity index (χ4v) is 2.24. The number of hydrogen-bond acceptors (Lipinski definition) is 2. The van der Waals surface area contributed by atoms with Crippen LogP contribution in [0.15, 0.2) is 17.1 Å². The topological polar surface area (TPSA) is 29.4 Å². The molecule has 1 rings (SSSR count). The molecule has 0 bridgehead atoms. The summed E-state index contributed by atoms with van der Waals surface area (Å²) in [5.41, 5.74) is 1.28. The van der Waals surface area contributed by atoms with Crippen LogP contribution in [-0.2, 0) is 4.79 Å². The largest absolute Gasteiger partial charge is 0.295 e. The van der Waals surface area contributed by atoms with Crippen LogP contribution in [-0.4, -0.2) is 18.0 Å². The average molecular weight is 249 g/mol. The lowest BCUT2D eigenvalue weighted by atomic mass is 10.1. The second-order valence-corrected chi connectivity index (χ2v) is 5.14. The van der Waals surface area contributed by atoms with Crippen molar-refractivity contribution in [1.29, 1.82) is 0 Å². The molecule has 0 aromatic carbocycles. The normalized spacial score (nSPS) is 16.6. The highest BCUT2D eigenvalue weighted by Crippen LogP contribution is 2.10. The van der Waals surface area contributed by atoms with E-state index in [0.717, 1.165) is 25.8 Å². The molecule has 0 N–H and O–H groups in total. The molecule has 102 valence electrons. The summed E-state index contributed by atoms with van der Waals surface area (Å²) in [6.07, 6.45) is 15.0. The third-order valence-corrected chi connectivity index (χ3v) is 3.39. The molecule has 0 saturated carbocycles. The number of aliphatic imine (C=N–C) groups is 1. The Bertz CT molecular complexity index is 291. The molecule has 0 unspecified atom stereocenters. The van der Waals surface area contributed by atoms with Crippen LogP contribution < -0.4 is 0 Å². The summed E-state index contributed by atoms with van der Waals surface area (Å²) < 4.78 is 0. The van der Waals surface area contributed by atoms with Gasteiger partial charge in [0.2, 0.25) is 0 Å². The Balaban J connectivity index is 2.14. The number of ketones is 1. The predicted octanol–water partition coefficient (Wildman–Crippen LogP) is 4.49. The minimum absolute atomic E-state index is 0.278. The summed E-state index contributed by atoms with van der Waals surface area (Å²) in [5.74, 6) is 0.278. The Hall–Kier alpha value is -0.920.